The summed E-state index contributed by atoms with van der Waals surface area (Å²) in [6.45, 7) is 4.01. The van der Waals surface area contributed by atoms with Gasteiger partial charge in [0.1, 0.15) is 10.9 Å². The molecule has 2 aromatic heterocycles. The zero-order valence-electron chi connectivity index (χ0n) is 9.63. The van der Waals surface area contributed by atoms with Crippen LogP contribution < -0.4 is 0 Å². The molecule has 0 aliphatic carbocycles. The molecule has 0 fully saturated rings. The maximum absolute atomic E-state index is 6.13. The van der Waals surface area contributed by atoms with Gasteiger partial charge in [0, 0.05) is 0 Å². The van der Waals surface area contributed by atoms with Gasteiger partial charge in [-0.15, -0.1) is 0 Å². The summed E-state index contributed by atoms with van der Waals surface area (Å²) >= 11 is 8.33. The lowest BCUT2D eigenvalue weighted by molar-refractivity contribution is 0.535. The molecule has 0 saturated carbocycles. The SMILES string of the molecule is CCCc1nc(-c2ccoc2C)nc(Cl)c1I. The lowest BCUT2D eigenvalue weighted by Gasteiger charge is -2.06. The maximum atomic E-state index is 6.13. The van der Waals surface area contributed by atoms with E-state index in [1.165, 1.54) is 0 Å². The van der Waals surface area contributed by atoms with Gasteiger partial charge in [-0.1, -0.05) is 24.9 Å². The zero-order valence-corrected chi connectivity index (χ0v) is 12.5. The lowest BCUT2D eigenvalue weighted by atomic mass is 10.2. The predicted molar refractivity (Wildman–Crippen MR) is 76.2 cm³/mol. The van der Waals surface area contributed by atoms with Crippen LogP contribution in [0.1, 0.15) is 24.8 Å². The minimum atomic E-state index is 0.514. The van der Waals surface area contributed by atoms with E-state index in [2.05, 4.69) is 39.5 Å². The first-order valence-corrected chi connectivity index (χ1v) is 6.85. The van der Waals surface area contributed by atoms with Crippen molar-refractivity contribution in [1.82, 2.24) is 9.97 Å². The zero-order chi connectivity index (χ0) is 12.4. The minimum absolute atomic E-state index is 0.514. The van der Waals surface area contributed by atoms with Gasteiger partial charge in [0.05, 0.1) is 21.1 Å². The van der Waals surface area contributed by atoms with Crippen molar-refractivity contribution in [2.45, 2.75) is 26.7 Å². The molecule has 0 N–H and O–H groups in total. The van der Waals surface area contributed by atoms with E-state index in [1.807, 2.05) is 13.0 Å². The second-order valence-corrected chi connectivity index (χ2v) is 5.18. The van der Waals surface area contributed by atoms with Crippen molar-refractivity contribution in [1.29, 1.82) is 0 Å². The van der Waals surface area contributed by atoms with Crippen LogP contribution in [0.5, 0.6) is 0 Å². The van der Waals surface area contributed by atoms with Crippen LogP contribution in [0.3, 0.4) is 0 Å². The highest BCUT2D eigenvalue weighted by Crippen LogP contribution is 2.26. The molecule has 0 radical (unpaired) electrons. The van der Waals surface area contributed by atoms with E-state index in [1.54, 1.807) is 6.26 Å². The van der Waals surface area contributed by atoms with Gasteiger partial charge in [-0.3, -0.25) is 0 Å². The summed E-state index contributed by atoms with van der Waals surface area (Å²) in [5, 5.41) is 0.514. The molecule has 0 aliphatic heterocycles. The van der Waals surface area contributed by atoms with E-state index in [9.17, 15) is 0 Å². The second-order valence-electron chi connectivity index (χ2n) is 3.74. The smallest absolute Gasteiger partial charge is 0.164 e. The first-order valence-electron chi connectivity index (χ1n) is 5.39. The van der Waals surface area contributed by atoms with E-state index >= 15 is 0 Å². The fourth-order valence-corrected chi connectivity index (χ4v) is 2.30. The van der Waals surface area contributed by atoms with Crippen LogP contribution in [0.15, 0.2) is 16.7 Å². The summed E-state index contributed by atoms with van der Waals surface area (Å²) in [5.41, 5.74) is 1.91. The Kier molecular flexibility index (Phi) is 4.04. The normalized spacial score (nSPS) is 10.8. The van der Waals surface area contributed by atoms with Crippen LogP contribution in [0.2, 0.25) is 5.15 Å². The van der Waals surface area contributed by atoms with Gasteiger partial charge in [0.2, 0.25) is 0 Å². The number of aryl methyl sites for hydroxylation is 2. The highest BCUT2D eigenvalue weighted by Gasteiger charge is 2.14. The fourth-order valence-electron chi connectivity index (χ4n) is 1.60. The quantitative estimate of drug-likeness (QED) is 0.605. The molecule has 0 spiro atoms. The van der Waals surface area contributed by atoms with Crippen molar-refractivity contribution in [2.75, 3.05) is 0 Å². The molecule has 17 heavy (non-hydrogen) atoms. The summed E-state index contributed by atoms with van der Waals surface area (Å²) in [6, 6.07) is 1.86. The van der Waals surface area contributed by atoms with E-state index in [0.29, 0.717) is 11.0 Å². The largest absolute Gasteiger partial charge is 0.469 e. The number of hydrogen-bond donors (Lipinski definition) is 0. The van der Waals surface area contributed by atoms with Gasteiger partial charge < -0.3 is 4.42 Å². The van der Waals surface area contributed by atoms with Crippen molar-refractivity contribution in [3.63, 3.8) is 0 Å². The molecule has 2 rings (SSSR count). The summed E-state index contributed by atoms with van der Waals surface area (Å²) in [5.74, 6) is 1.45. The average molecular weight is 363 g/mol. The molecule has 3 nitrogen and oxygen atoms in total. The van der Waals surface area contributed by atoms with Crippen molar-refractivity contribution >= 4 is 34.2 Å². The first-order chi connectivity index (χ1) is 8.13. The fraction of sp³-hybridized carbons (Fsp3) is 0.333. The summed E-state index contributed by atoms with van der Waals surface area (Å²) < 4.78 is 6.20. The number of nitrogens with zero attached hydrogens (tertiary/aromatic N) is 2. The molecule has 0 aliphatic rings. The van der Waals surface area contributed by atoms with E-state index in [4.69, 9.17) is 16.0 Å². The topological polar surface area (TPSA) is 38.9 Å². The van der Waals surface area contributed by atoms with Gasteiger partial charge in [-0.2, -0.15) is 0 Å². The molecule has 0 amide bonds. The molecular weight excluding hydrogens is 351 g/mol. The van der Waals surface area contributed by atoms with Crippen LogP contribution in [-0.2, 0) is 6.42 Å². The number of rotatable bonds is 3. The summed E-state index contributed by atoms with van der Waals surface area (Å²) in [7, 11) is 0. The second kappa shape index (κ2) is 5.35. The molecule has 0 atom stereocenters. The monoisotopic (exact) mass is 362 g/mol. The molecule has 2 aromatic rings. The van der Waals surface area contributed by atoms with Crippen LogP contribution in [-0.4, -0.2) is 9.97 Å². The van der Waals surface area contributed by atoms with Crippen molar-refractivity contribution < 1.29 is 4.42 Å². The Morgan fingerprint density at radius 3 is 2.76 bits per heavy atom. The van der Waals surface area contributed by atoms with Gasteiger partial charge in [-0.25, -0.2) is 9.97 Å². The van der Waals surface area contributed by atoms with Crippen LogP contribution >= 0.6 is 34.2 Å². The maximum Gasteiger partial charge on any atom is 0.164 e. The van der Waals surface area contributed by atoms with E-state index in [0.717, 1.165) is 33.4 Å². The summed E-state index contributed by atoms with van der Waals surface area (Å²) in [4.78, 5) is 8.87. The average Bonchev–Trinajstić information content (AvgIpc) is 2.71. The number of hydrogen-bond acceptors (Lipinski definition) is 3. The minimum Gasteiger partial charge on any atom is -0.469 e. The Morgan fingerprint density at radius 2 is 2.18 bits per heavy atom. The van der Waals surface area contributed by atoms with Gasteiger partial charge >= 0.3 is 0 Å². The van der Waals surface area contributed by atoms with Crippen LogP contribution in [0.25, 0.3) is 11.4 Å². The number of furan rings is 1. The highest BCUT2D eigenvalue weighted by atomic mass is 127. The Labute approximate surface area is 119 Å². The van der Waals surface area contributed by atoms with Crippen molar-refractivity contribution in [3.8, 4) is 11.4 Å². The molecular formula is C12H12ClIN2O. The standard InChI is InChI=1S/C12H12ClIN2O/c1-3-4-9-10(14)11(13)16-12(15-9)8-5-6-17-7(8)2/h5-6H,3-4H2,1-2H3. The third-order valence-electron chi connectivity index (χ3n) is 2.47. The van der Waals surface area contributed by atoms with Crippen LogP contribution in [0, 0.1) is 10.5 Å². The van der Waals surface area contributed by atoms with E-state index in [-0.39, 0.29) is 0 Å². The third-order valence-corrected chi connectivity index (χ3v) is 4.19. The number of aromatic nitrogens is 2. The van der Waals surface area contributed by atoms with Crippen molar-refractivity contribution in [2.24, 2.45) is 0 Å². The Bertz CT molecular complexity index is 539. The first kappa shape index (κ1) is 12.8. The van der Waals surface area contributed by atoms with Gasteiger partial charge in [0.15, 0.2) is 5.82 Å². The Balaban J connectivity index is 2.53. The van der Waals surface area contributed by atoms with Crippen LogP contribution in [0.4, 0.5) is 0 Å². The Morgan fingerprint density at radius 1 is 1.41 bits per heavy atom. The summed E-state index contributed by atoms with van der Waals surface area (Å²) in [6.07, 6.45) is 3.58. The van der Waals surface area contributed by atoms with Gasteiger partial charge in [-0.05, 0) is 42.0 Å². The molecule has 0 bridgehead atoms. The lowest BCUT2D eigenvalue weighted by Crippen LogP contribution is -2.00. The van der Waals surface area contributed by atoms with E-state index < -0.39 is 0 Å². The molecule has 0 aromatic carbocycles. The Hall–Kier alpha value is -0.620. The highest BCUT2D eigenvalue weighted by molar-refractivity contribution is 14.1. The number of halogens is 2. The molecule has 0 saturated heterocycles. The molecule has 5 heteroatoms. The molecule has 2 heterocycles. The molecule has 90 valence electrons. The third kappa shape index (κ3) is 2.63. The van der Waals surface area contributed by atoms with Crippen molar-refractivity contribution in [3.05, 3.63) is 32.5 Å². The molecule has 0 unspecified atom stereocenters. The predicted octanol–water partition coefficient (Wildman–Crippen LogP) is 4.26. The van der Waals surface area contributed by atoms with Gasteiger partial charge in [0.25, 0.3) is 0 Å².